The Balaban J connectivity index is 2.39. The topological polar surface area (TPSA) is 107 Å². The molecule has 8 heteroatoms. The highest BCUT2D eigenvalue weighted by molar-refractivity contribution is 7.92. The van der Waals surface area contributed by atoms with E-state index in [4.69, 9.17) is 10.6 Å². The van der Waals surface area contributed by atoms with Crippen LogP contribution in [0.5, 0.6) is 5.88 Å². The predicted molar refractivity (Wildman–Crippen MR) is 70.1 cm³/mol. The van der Waals surface area contributed by atoms with Crippen LogP contribution in [0.25, 0.3) is 0 Å². The van der Waals surface area contributed by atoms with Crippen molar-refractivity contribution in [2.75, 3.05) is 12.9 Å². The van der Waals surface area contributed by atoms with Crippen LogP contribution in [0.4, 0.5) is 0 Å². The molecule has 0 bridgehead atoms. The highest BCUT2D eigenvalue weighted by atomic mass is 32.2. The summed E-state index contributed by atoms with van der Waals surface area (Å²) in [4.78, 5) is 8.20. The molecule has 2 unspecified atom stereocenters. The van der Waals surface area contributed by atoms with Gasteiger partial charge in [0.25, 0.3) is 0 Å². The molecule has 1 aromatic rings. The number of rotatable bonds is 4. The van der Waals surface area contributed by atoms with Crippen LogP contribution < -0.4 is 16.0 Å². The molecule has 0 spiro atoms. The Morgan fingerprint density at radius 2 is 2.16 bits per heavy atom. The van der Waals surface area contributed by atoms with Gasteiger partial charge >= 0.3 is 0 Å². The Bertz CT molecular complexity index is 534. The number of hydrazine groups is 1. The summed E-state index contributed by atoms with van der Waals surface area (Å²) in [7, 11) is -1.71. The highest BCUT2D eigenvalue weighted by Gasteiger charge is 2.38. The molecule has 3 N–H and O–H groups in total. The molecule has 2 heterocycles. The summed E-state index contributed by atoms with van der Waals surface area (Å²) in [6, 6.07) is -0.603. The van der Waals surface area contributed by atoms with E-state index in [9.17, 15) is 8.42 Å². The number of ether oxygens (including phenoxy) is 1. The summed E-state index contributed by atoms with van der Waals surface area (Å²) in [6.07, 6.45) is 5.12. The second-order valence-electron chi connectivity index (χ2n) is 4.50. The fourth-order valence-electron chi connectivity index (χ4n) is 2.42. The first kappa shape index (κ1) is 14.2. The molecule has 0 aromatic carbocycles. The van der Waals surface area contributed by atoms with Crippen molar-refractivity contribution in [3.05, 3.63) is 18.1 Å². The van der Waals surface area contributed by atoms with Gasteiger partial charge in [0.1, 0.15) is 5.69 Å². The molecule has 7 nitrogen and oxygen atoms in total. The minimum absolute atomic E-state index is 0.193. The molecule has 0 radical (unpaired) electrons. The van der Waals surface area contributed by atoms with Crippen LogP contribution in [0.2, 0.25) is 0 Å². The standard InChI is InChI=1S/C11H18N4O3S/c1-18-11-10(13-5-6-14-11)9(15-12)8-4-2-3-7-19(8,16)17/h5-6,8-9,15H,2-4,7,12H2,1H3. The van der Waals surface area contributed by atoms with E-state index in [1.807, 2.05) is 0 Å². The van der Waals surface area contributed by atoms with Crippen molar-refractivity contribution < 1.29 is 13.2 Å². The summed E-state index contributed by atoms with van der Waals surface area (Å²) in [5.41, 5.74) is 2.99. The Kier molecular flexibility index (Phi) is 4.33. The smallest absolute Gasteiger partial charge is 0.237 e. The molecular weight excluding hydrogens is 268 g/mol. The first-order chi connectivity index (χ1) is 9.10. The third-order valence-electron chi connectivity index (χ3n) is 3.36. The lowest BCUT2D eigenvalue weighted by molar-refractivity contribution is 0.369. The third-order valence-corrected chi connectivity index (χ3v) is 5.65. The summed E-state index contributed by atoms with van der Waals surface area (Å²) in [5, 5.41) is -0.586. The number of hydrogen-bond acceptors (Lipinski definition) is 7. The number of nitrogens with two attached hydrogens (primary N) is 1. The van der Waals surface area contributed by atoms with Crippen molar-refractivity contribution in [1.82, 2.24) is 15.4 Å². The van der Waals surface area contributed by atoms with Crippen LogP contribution in [0.3, 0.4) is 0 Å². The average molecular weight is 286 g/mol. The Labute approximate surface area is 112 Å². The van der Waals surface area contributed by atoms with Gasteiger partial charge in [-0.3, -0.25) is 10.8 Å². The monoisotopic (exact) mass is 286 g/mol. The lowest BCUT2D eigenvalue weighted by Gasteiger charge is -2.29. The van der Waals surface area contributed by atoms with Gasteiger partial charge in [0.15, 0.2) is 9.84 Å². The maximum Gasteiger partial charge on any atom is 0.237 e. The van der Waals surface area contributed by atoms with Gasteiger partial charge in [-0.2, -0.15) is 0 Å². The number of sulfone groups is 1. The maximum absolute atomic E-state index is 12.2. The van der Waals surface area contributed by atoms with Crippen molar-refractivity contribution in [2.24, 2.45) is 5.84 Å². The van der Waals surface area contributed by atoms with Gasteiger partial charge in [-0.25, -0.2) is 18.8 Å². The summed E-state index contributed by atoms with van der Waals surface area (Å²) in [6.45, 7) is 0. The largest absolute Gasteiger partial charge is 0.480 e. The zero-order chi connectivity index (χ0) is 13.9. The second kappa shape index (κ2) is 5.81. The van der Waals surface area contributed by atoms with Gasteiger partial charge in [0.2, 0.25) is 5.88 Å². The quantitative estimate of drug-likeness (QED) is 0.590. The molecule has 19 heavy (non-hydrogen) atoms. The van der Waals surface area contributed by atoms with E-state index in [2.05, 4.69) is 15.4 Å². The normalized spacial score (nSPS) is 23.8. The predicted octanol–water partition coefficient (Wildman–Crippen LogP) is -0.0431. The number of nitrogens with zero attached hydrogens (tertiary/aromatic N) is 2. The molecular formula is C11H18N4O3S. The highest BCUT2D eigenvalue weighted by Crippen LogP contribution is 2.32. The van der Waals surface area contributed by atoms with E-state index >= 15 is 0 Å². The van der Waals surface area contributed by atoms with Crippen LogP contribution in [0, 0.1) is 0 Å². The van der Waals surface area contributed by atoms with Crippen molar-refractivity contribution in [3.8, 4) is 5.88 Å². The van der Waals surface area contributed by atoms with Crippen molar-refractivity contribution in [2.45, 2.75) is 30.6 Å². The Morgan fingerprint density at radius 3 is 2.79 bits per heavy atom. The Morgan fingerprint density at radius 1 is 1.42 bits per heavy atom. The molecule has 1 aliphatic rings. The lowest BCUT2D eigenvalue weighted by atomic mass is 10.0. The van der Waals surface area contributed by atoms with Crippen LogP contribution in [-0.2, 0) is 9.84 Å². The van der Waals surface area contributed by atoms with Gasteiger partial charge in [-0.15, -0.1) is 0 Å². The number of aromatic nitrogens is 2. The Hall–Kier alpha value is -1.25. The van der Waals surface area contributed by atoms with E-state index in [0.29, 0.717) is 24.4 Å². The molecule has 1 saturated heterocycles. The first-order valence-corrected chi connectivity index (χ1v) is 7.84. The second-order valence-corrected chi connectivity index (χ2v) is 6.84. The molecule has 1 aromatic heterocycles. The minimum Gasteiger partial charge on any atom is -0.480 e. The number of nitrogens with one attached hydrogen (secondary N) is 1. The number of methoxy groups -OCH3 is 1. The van der Waals surface area contributed by atoms with Crippen LogP contribution in [0.1, 0.15) is 31.0 Å². The minimum atomic E-state index is -3.17. The molecule has 2 atom stereocenters. The zero-order valence-corrected chi connectivity index (χ0v) is 11.6. The van der Waals surface area contributed by atoms with Gasteiger partial charge in [-0.05, 0) is 12.8 Å². The van der Waals surface area contributed by atoms with Crippen LogP contribution in [0.15, 0.2) is 12.4 Å². The van der Waals surface area contributed by atoms with Crippen molar-refractivity contribution >= 4 is 9.84 Å². The molecule has 0 amide bonds. The third kappa shape index (κ3) is 2.85. The van der Waals surface area contributed by atoms with E-state index in [1.165, 1.54) is 19.5 Å². The van der Waals surface area contributed by atoms with Gasteiger partial charge in [0, 0.05) is 12.4 Å². The van der Waals surface area contributed by atoms with E-state index in [-0.39, 0.29) is 5.75 Å². The summed E-state index contributed by atoms with van der Waals surface area (Å²) >= 11 is 0. The molecule has 1 fully saturated rings. The van der Waals surface area contributed by atoms with Crippen LogP contribution in [-0.4, -0.2) is 36.5 Å². The molecule has 0 saturated carbocycles. The van der Waals surface area contributed by atoms with E-state index < -0.39 is 21.1 Å². The molecule has 2 rings (SSSR count). The fraction of sp³-hybridized carbons (Fsp3) is 0.636. The molecule has 106 valence electrons. The van der Waals surface area contributed by atoms with Gasteiger partial charge in [-0.1, -0.05) is 6.42 Å². The summed E-state index contributed by atoms with van der Waals surface area (Å²) < 4.78 is 29.5. The van der Waals surface area contributed by atoms with Crippen molar-refractivity contribution in [3.63, 3.8) is 0 Å². The fourth-order valence-corrected chi connectivity index (χ4v) is 4.48. The number of hydrogen-bond donors (Lipinski definition) is 2. The van der Waals surface area contributed by atoms with Gasteiger partial charge in [0.05, 0.1) is 24.2 Å². The first-order valence-electron chi connectivity index (χ1n) is 6.12. The van der Waals surface area contributed by atoms with Gasteiger partial charge < -0.3 is 4.74 Å². The molecule has 0 aliphatic carbocycles. The summed E-state index contributed by atoms with van der Waals surface area (Å²) in [5.74, 6) is 6.03. The molecule has 1 aliphatic heterocycles. The van der Waals surface area contributed by atoms with Crippen molar-refractivity contribution in [1.29, 1.82) is 0 Å². The SMILES string of the molecule is COc1nccnc1C(NN)C1CCCCS1(=O)=O. The van der Waals surface area contributed by atoms with Crippen LogP contribution >= 0.6 is 0 Å². The van der Waals surface area contributed by atoms with E-state index in [0.717, 1.165) is 6.42 Å². The zero-order valence-electron chi connectivity index (χ0n) is 10.7. The van der Waals surface area contributed by atoms with E-state index in [1.54, 1.807) is 0 Å². The lowest BCUT2D eigenvalue weighted by Crippen LogP contribution is -2.43. The maximum atomic E-state index is 12.2. The average Bonchev–Trinajstić information content (AvgIpc) is 2.41.